The zero-order valence-corrected chi connectivity index (χ0v) is 16.4. The molecule has 0 spiro atoms. The number of carbonyl (C=O) groups is 1. The van der Waals surface area contributed by atoms with Gasteiger partial charge in [0, 0.05) is 38.0 Å². The van der Waals surface area contributed by atoms with Crippen molar-refractivity contribution in [1.82, 2.24) is 9.21 Å². The van der Waals surface area contributed by atoms with Crippen LogP contribution in [0, 0.1) is 0 Å². The number of likely N-dealkylation sites (tertiary alicyclic amines) is 1. The molecule has 144 valence electrons. The quantitative estimate of drug-likeness (QED) is 0.755. The first-order chi connectivity index (χ1) is 12.2. The molecule has 0 saturated carbocycles. The highest BCUT2D eigenvalue weighted by Crippen LogP contribution is 2.23. The van der Waals surface area contributed by atoms with Gasteiger partial charge in [0.25, 0.3) is 5.91 Å². The van der Waals surface area contributed by atoms with Crippen molar-refractivity contribution in [3.05, 3.63) is 29.8 Å². The molecular formula is C17H24N2O5S2. The van der Waals surface area contributed by atoms with Crippen LogP contribution in [0.25, 0.3) is 0 Å². The third-order valence-corrected chi connectivity index (χ3v) is 8.73. The standard InChI is InChI=1S/C17H24N2O5S2/c1-25(21,22)15-8-12-18(13-9-15)17(20)14-4-6-16(7-5-14)26(23,24)19-10-2-3-11-19/h4-7,15H,2-3,8-13H2,1H3. The van der Waals surface area contributed by atoms with E-state index in [-0.39, 0.29) is 16.1 Å². The molecule has 1 aromatic rings. The van der Waals surface area contributed by atoms with Crippen LogP contribution in [0.5, 0.6) is 0 Å². The number of sulfonamides is 1. The van der Waals surface area contributed by atoms with Crippen molar-refractivity contribution in [2.24, 2.45) is 0 Å². The Morgan fingerprint density at radius 3 is 1.96 bits per heavy atom. The fourth-order valence-electron chi connectivity index (χ4n) is 3.52. The van der Waals surface area contributed by atoms with E-state index in [1.807, 2.05) is 0 Å². The van der Waals surface area contributed by atoms with Gasteiger partial charge in [-0.25, -0.2) is 16.8 Å². The lowest BCUT2D eigenvalue weighted by atomic mass is 10.1. The summed E-state index contributed by atoms with van der Waals surface area (Å²) < 4.78 is 49.7. The fraction of sp³-hybridized carbons (Fsp3) is 0.588. The lowest BCUT2D eigenvalue weighted by Gasteiger charge is -2.31. The van der Waals surface area contributed by atoms with E-state index >= 15 is 0 Å². The van der Waals surface area contributed by atoms with Crippen LogP contribution in [0.1, 0.15) is 36.0 Å². The molecule has 3 rings (SSSR count). The van der Waals surface area contributed by atoms with Crippen LogP contribution in [0.2, 0.25) is 0 Å². The summed E-state index contributed by atoms with van der Waals surface area (Å²) in [4.78, 5) is 14.4. The van der Waals surface area contributed by atoms with Gasteiger partial charge in [-0.15, -0.1) is 0 Å². The molecule has 0 aromatic heterocycles. The van der Waals surface area contributed by atoms with Crippen molar-refractivity contribution in [2.45, 2.75) is 35.8 Å². The molecule has 0 N–H and O–H groups in total. The van der Waals surface area contributed by atoms with Gasteiger partial charge in [-0.2, -0.15) is 4.31 Å². The number of rotatable bonds is 4. The van der Waals surface area contributed by atoms with E-state index in [0.717, 1.165) is 12.8 Å². The Morgan fingerprint density at radius 1 is 0.923 bits per heavy atom. The topological polar surface area (TPSA) is 91.8 Å². The number of amides is 1. The Balaban J connectivity index is 1.68. The SMILES string of the molecule is CS(=O)(=O)C1CCN(C(=O)c2ccc(S(=O)(=O)N3CCCC3)cc2)CC1. The Bertz CT molecular complexity index is 864. The van der Waals surface area contributed by atoms with Gasteiger partial charge in [-0.3, -0.25) is 4.79 Å². The van der Waals surface area contributed by atoms with Gasteiger partial charge in [-0.1, -0.05) is 0 Å². The summed E-state index contributed by atoms with van der Waals surface area (Å²) in [6, 6.07) is 6.02. The molecule has 2 aliphatic heterocycles. The van der Waals surface area contributed by atoms with Crippen LogP contribution in [0.15, 0.2) is 29.2 Å². The van der Waals surface area contributed by atoms with E-state index in [1.54, 1.807) is 4.90 Å². The molecule has 7 nitrogen and oxygen atoms in total. The summed E-state index contributed by atoms with van der Waals surface area (Å²) in [5, 5.41) is -0.389. The van der Waals surface area contributed by atoms with Crippen LogP contribution in [0.3, 0.4) is 0 Å². The Hall–Kier alpha value is -1.45. The maximum Gasteiger partial charge on any atom is 0.253 e. The number of nitrogens with zero attached hydrogens (tertiary/aromatic N) is 2. The van der Waals surface area contributed by atoms with Crippen LogP contribution in [-0.4, -0.2) is 69.6 Å². The number of hydrogen-bond donors (Lipinski definition) is 0. The Morgan fingerprint density at radius 2 is 1.46 bits per heavy atom. The first-order valence-electron chi connectivity index (χ1n) is 8.78. The third-order valence-electron chi connectivity index (χ3n) is 5.14. The molecular weight excluding hydrogens is 376 g/mol. The van der Waals surface area contributed by atoms with Crippen LogP contribution in [0.4, 0.5) is 0 Å². The molecule has 2 saturated heterocycles. The summed E-state index contributed by atoms with van der Waals surface area (Å²) in [7, 11) is -6.57. The second-order valence-corrected chi connectivity index (χ2v) is 11.2. The molecule has 0 aliphatic carbocycles. The predicted molar refractivity (Wildman–Crippen MR) is 98.2 cm³/mol. The number of hydrogen-bond acceptors (Lipinski definition) is 5. The first kappa shape index (κ1) is 19.3. The molecule has 26 heavy (non-hydrogen) atoms. The highest BCUT2D eigenvalue weighted by molar-refractivity contribution is 7.91. The summed E-state index contributed by atoms with van der Waals surface area (Å²) >= 11 is 0. The summed E-state index contributed by atoms with van der Waals surface area (Å²) in [5.41, 5.74) is 0.420. The summed E-state index contributed by atoms with van der Waals surface area (Å²) in [6.07, 6.45) is 3.85. The smallest absolute Gasteiger partial charge is 0.253 e. The van der Waals surface area contributed by atoms with Gasteiger partial charge in [-0.05, 0) is 49.9 Å². The van der Waals surface area contributed by atoms with E-state index in [2.05, 4.69) is 0 Å². The van der Waals surface area contributed by atoms with Crippen molar-refractivity contribution in [3.8, 4) is 0 Å². The lowest BCUT2D eigenvalue weighted by molar-refractivity contribution is 0.0725. The van der Waals surface area contributed by atoms with Gasteiger partial charge < -0.3 is 4.90 Å². The molecule has 1 aromatic carbocycles. The van der Waals surface area contributed by atoms with Gasteiger partial charge in [0.1, 0.15) is 9.84 Å². The molecule has 0 atom stereocenters. The van der Waals surface area contributed by atoms with E-state index < -0.39 is 19.9 Å². The van der Waals surface area contributed by atoms with E-state index in [1.165, 1.54) is 34.8 Å². The number of carbonyl (C=O) groups excluding carboxylic acids is 1. The zero-order valence-electron chi connectivity index (χ0n) is 14.8. The molecule has 2 aliphatic rings. The molecule has 1 amide bonds. The summed E-state index contributed by atoms with van der Waals surface area (Å²) in [5.74, 6) is -0.193. The largest absolute Gasteiger partial charge is 0.339 e. The second-order valence-electron chi connectivity index (χ2n) is 6.96. The maximum absolute atomic E-state index is 12.6. The van der Waals surface area contributed by atoms with Gasteiger partial charge in [0.05, 0.1) is 10.1 Å². The normalized spacial score (nSPS) is 20.4. The average Bonchev–Trinajstić information content (AvgIpc) is 3.16. The Labute approximate surface area is 155 Å². The average molecular weight is 401 g/mol. The second kappa shape index (κ2) is 7.28. The molecule has 0 bridgehead atoms. The first-order valence-corrected chi connectivity index (χ1v) is 12.2. The molecule has 0 unspecified atom stereocenters. The molecule has 9 heteroatoms. The number of sulfone groups is 1. The monoisotopic (exact) mass is 400 g/mol. The van der Waals surface area contributed by atoms with Crippen LogP contribution < -0.4 is 0 Å². The highest BCUT2D eigenvalue weighted by atomic mass is 32.2. The molecule has 0 radical (unpaired) electrons. The molecule has 2 heterocycles. The predicted octanol–water partition coefficient (Wildman–Crippen LogP) is 1.12. The molecule has 2 fully saturated rings. The van der Waals surface area contributed by atoms with Crippen molar-refractivity contribution in [3.63, 3.8) is 0 Å². The van der Waals surface area contributed by atoms with Crippen molar-refractivity contribution in [2.75, 3.05) is 32.4 Å². The minimum absolute atomic E-state index is 0.193. The van der Waals surface area contributed by atoms with Crippen LogP contribution in [-0.2, 0) is 19.9 Å². The fourth-order valence-corrected chi connectivity index (χ4v) is 6.10. The van der Waals surface area contributed by atoms with Gasteiger partial charge >= 0.3 is 0 Å². The Kier molecular flexibility index (Phi) is 5.41. The minimum atomic E-state index is -3.49. The van der Waals surface area contributed by atoms with Crippen molar-refractivity contribution < 1.29 is 21.6 Å². The van der Waals surface area contributed by atoms with Gasteiger partial charge in [0.15, 0.2) is 0 Å². The maximum atomic E-state index is 12.6. The number of benzene rings is 1. The number of piperidine rings is 1. The van der Waals surface area contributed by atoms with Crippen molar-refractivity contribution >= 4 is 25.8 Å². The van der Waals surface area contributed by atoms with Gasteiger partial charge in [0.2, 0.25) is 10.0 Å². The minimum Gasteiger partial charge on any atom is -0.339 e. The van der Waals surface area contributed by atoms with Crippen LogP contribution >= 0.6 is 0 Å². The lowest BCUT2D eigenvalue weighted by Crippen LogP contribution is -2.42. The van der Waals surface area contributed by atoms with E-state index in [4.69, 9.17) is 0 Å². The van der Waals surface area contributed by atoms with E-state index in [0.29, 0.717) is 44.6 Å². The highest BCUT2D eigenvalue weighted by Gasteiger charge is 2.30. The third kappa shape index (κ3) is 3.94. The zero-order chi connectivity index (χ0) is 18.9. The summed E-state index contributed by atoms with van der Waals surface area (Å²) in [6.45, 7) is 1.87. The van der Waals surface area contributed by atoms with E-state index in [9.17, 15) is 21.6 Å². The van der Waals surface area contributed by atoms with Crippen molar-refractivity contribution in [1.29, 1.82) is 0 Å².